The Kier molecular flexibility index (Phi) is 2.55. The highest BCUT2D eigenvalue weighted by molar-refractivity contribution is 5.86. The van der Waals surface area contributed by atoms with E-state index in [9.17, 15) is 4.79 Å². The fourth-order valence-electron chi connectivity index (χ4n) is 1.25. The van der Waals surface area contributed by atoms with Crippen LogP contribution in [0.3, 0.4) is 0 Å². The molecule has 0 spiro atoms. The summed E-state index contributed by atoms with van der Waals surface area (Å²) in [6.07, 6.45) is 3.23. The summed E-state index contributed by atoms with van der Waals surface area (Å²) >= 11 is 0. The summed E-state index contributed by atoms with van der Waals surface area (Å²) in [5.74, 6) is -0.394. The zero-order valence-electron chi connectivity index (χ0n) is 8.58. The van der Waals surface area contributed by atoms with Gasteiger partial charge in [0.2, 0.25) is 0 Å². The maximum Gasteiger partial charge on any atom is 0.354 e. The Labute approximate surface area is 91.6 Å². The molecule has 0 saturated heterocycles. The minimum atomic E-state index is -1.05. The van der Waals surface area contributed by atoms with Crippen molar-refractivity contribution in [2.45, 2.75) is 0 Å². The van der Waals surface area contributed by atoms with Crippen LogP contribution in [0.5, 0.6) is 0 Å². The van der Waals surface area contributed by atoms with E-state index in [1.54, 1.807) is 30.1 Å². The number of aromatic carboxylic acids is 1. The predicted octanol–water partition coefficient (Wildman–Crippen LogP) is 1.26. The van der Waals surface area contributed by atoms with Crippen LogP contribution in [0.2, 0.25) is 0 Å². The summed E-state index contributed by atoms with van der Waals surface area (Å²) in [6, 6.07) is 4.93. The van der Waals surface area contributed by atoms with Gasteiger partial charge < -0.3 is 10.4 Å². The molecule has 6 nitrogen and oxygen atoms in total. The Morgan fingerprint density at radius 1 is 1.50 bits per heavy atom. The van der Waals surface area contributed by atoms with Crippen LogP contribution in [0.1, 0.15) is 10.5 Å². The highest BCUT2D eigenvalue weighted by Crippen LogP contribution is 2.14. The van der Waals surface area contributed by atoms with Gasteiger partial charge in [-0.2, -0.15) is 5.10 Å². The number of hydrogen-bond donors (Lipinski definition) is 2. The van der Waals surface area contributed by atoms with Gasteiger partial charge in [0.05, 0.1) is 0 Å². The number of carboxylic acid groups (broad SMARTS) is 1. The third-order valence-corrected chi connectivity index (χ3v) is 1.97. The van der Waals surface area contributed by atoms with E-state index < -0.39 is 5.97 Å². The van der Waals surface area contributed by atoms with Gasteiger partial charge in [0.15, 0.2) is 5.82 Å². The predicted molar refractivity (Wildman–Crippen MR) is 57.7 cm³/mol. The summed E-state index contributed by atoms with van der Waals surface area (Å²) in [5.41, 5.74) is 0.645. The van der Waals surface area contributed by atoms with E-state index in [4.69, 9.17) is 5.11 Å². The van der Waals surface area contributed by atoms with Gasteiger partial charge in [0, 0.05) is 31.2 Å². The summed E-state index contributed by atoms with van der Waals surface area (Å²) < 4.78 is 1.65. The van der Waals surface area contributed by atoms with Gasteiger partial charge in [0.1, 0.15) is 5.69 Å². The van der Waals surface area contributed by atoms with Gasteiger partial charge in [-0.3, -0.25) is 4.68 Å². The molecule has 0 bridgehead atoms. The molecule has 0 aromatic carbocycles. The SMILES string of the molecule is Cn1ccc(Nc2ccnc(C(=O)O)c2)n1. The fourth-order valence-corrected chi connectivity index (χ4v) is 1.25. The lowest BCUT2D eigenvalue weighted by Crippen LogP contribution is -2.01. The fraction of sp³-hybridized carbons (Fsp3) is 0.100. The molecule has 0 unspecified atom stereocenters. The van der Waals surface area contributed by atoms with Crippen LogP contribution in [0.15, 0.2) is 30.6 Å². The summed E-state index contributed by atoms with van der Waals surface area (Å²) in [7, 11) is 1.81. The number of pyridine rings is 1. The third kappa shape index (κ3) is 2.17. The molecule has 2 aromatic heterocycles. The lowest BCUT2D eigenvalue weighted by atomic mass is 10.3. The van der Waals surface area contributed by atoms with Crippen molar-refractivity contribution in [1.82, 2.24) is 14.8 Å². The van der Waals surface area contributed by atoms with Crippen LogP contribution in [0.4, 0.5) is 11.5 Å². The normalized spacial score (nSPS) is 10.1. The van der Waals surface area contributed by atoms with Crippen molar-refractivity contribution in [2.75, 3.05) is 5.32 Å². The second-order valence-corrected chi connectivity index (χ2v) is 3.23. The molecule has 0 radical (unpaired) electrons. The molecule has 16 heavy (non-hydrogen) atoms. The lowest BCUT2D eigenvalue weighted by molar-refractivity contribution is 0.0690. The molecular formula is C10H10N4O2. The molecule has 2 heterocycles. The maximum atomic E-state index is 10.7. The van der Waals surface area contributed by atoms with Crippen molar-refractivity contribution in [3.63, 3.8) is 0 Å². The van der Waals surface area contributed by atoms with E-state index in [0.29, 0.717) is 11.5 Å². The highest BCUT2D eigenvalue weighted by Gasteiger charge is 2.05. The van der Waals surface area contributed by atoms with Crippen LogP contribution in [0, 0.1) is 0 Å². The second kappa shape index (κ2) is 4.01. The number of hydrogen-bond acceptors (Lipinski definition) is 4. The van der Waals surface area contributed by atoms with E-state index in [1.165, 1.54) is 12.3 Å². The third-order valence-electron chi connectivity index (χ3n) is 1.97. The Hall–Kier alpha value is -2.37. The molecule has 0 fully saturated rings. The van der Waals surface area contributed by atoms with Gasteiger partial charge in [0.25, 0.3) is 0 Å². The van der Waals surface area contributed by atoms with E-state index >= 15 is 0 Å². The number of aryl methyl sites for hydroxylation is 1. The monoisotopic (exact) mass is 218 g/mol. The Morgan fingerprint density at radius 3 is 2.94 bits per heavy atom. The van der Waals surface area contributed by atoms with Gasteiger partial charge >= 0.3 is 5.97 Å². The highest BCUT2D eigenvalue weighted by atomic mass is 16.4. The Bertz CT molecular complexity index is 521. The first kappa shape index (κ1) is 10.2. The number of aromatic nitrogens is 3. The van der Waals surface area contributed by atoms with Gasteiger partial charge in [-0.15, -0.1) is 0 Å². The summed E-state index contributed by atoms with van der Waals surface area (Å²) in [4.78, 5) is 14.4. The zero-order chi connectivity index (χ0) is 11.5. The zero-order valence-corrected chi connectivity index (χ0v) is 8.58. The largest absolute Gasteiger partial charge is 0.477 e. The van der Waals surface area contributed by atoms with Crippen molar-refractivity contribution in [2.24, 2.45) is 7.05 Å². The van der Waals surface area contributed by atoms with E-state index in [-0.39, 0.29) is 5.69 Å². The van der Waals surface area contributed by atoms with Gasteiger partial charge in [-0.05, 0) is 12.1 Å². The number of nitrogens with zero attached hydrogens (tertiary/aromatic N) is 3. The average molecular weight is 218 g/mol. The second-order valence-electron chi connectivity index (χ2n) is 3.23. The number of carboxylic acids is 1. The standard InChI is InChI=1S/C10H10N4O2/c1-14-5-3-9(13-14)12-7-2-4-11-8(6-7)10(15)16/h2-6H,1H3,(H,15,16)(H,11,12,13). The molecule has 0 aliphatic carbocycles. The average Bonchev–Trinajstić information content (AvgIpc) is 2.64. The maximum absolute atomic E-state index is 10.7. The Morgan fingerprint density at radius 2 is 2.31 bits per heavy atom. The van der Waals surface area contributed by atoms with Gasteiger partial charge in [-0.1, -0.05) is 0 Å². The summed E-state index contributed by atoms with van der Waals surface area (Å²) in [6.45, 7) is 0. The van der Waals surface area contributed by atoms with Crippen LogP contribution >= 0.6 is 0 Å². The van der Waals surface area contributed by atoms with E-state index in [2.05, 4.69) is 15.4 Å². The van der Waals surface area contributed by atoms with Crippen molar-refractivity contribution < 1.29 is 9.90 Å². The molecule has 2 rings (SSSR count). The van der Waals surface area contributed by atoms with Crippen LogP contribution in [0.25, 0.3) is 0 Å². The minimum absolute atomic E-state index is 0.000862. The molecule has 6 heteroatoms. The van der Waals surface area contributed by atoms with Crippen LogP contribution < -0.4 is 5.32 Å². The number of nitrogens with one attached hydrogen (secondary N) is 1. The smallest absolute Gasteiger partial charge is 0.354 e. The minimum Gasteiger partial charge on any atom is -0.477 e. The topological polar surface area (TPSA) is 80.0 Å². The molecule has 0 aliphatic heterocycles. The van der Waals surface area contributed by atoms with Crippen molar-refractivity contribution in [3.8, 4) is 0 Å². The first-order chi connectivity index (χ1) is 7.65. The number of carbonyl (C=O) groups is 1. The number of anilines is 2. The quantitative estimate of drug-likeness (QED) is 0.810. The molecular weight excluding hydrogens is 208 g/mol. The van der Waals surface area contributed by atoms with Gasteiger partial charge in [-0.25, -0.2) is 9.78 Å². The first-order valence-electron chi connectivity index (χ1n) is 4.61. The molecule has 82 valence electrons. The van der Waals surface area contributed by atoms with Crippen LogP contribution in [-0.2, 0) is 7.05 Å². The van der Waals surface area contributed by atoms with Crippen LogP contribution in [-0.4, -0.2) is 25.8 Å². The van der Waals surface area contributed by atoms with E-state index in [1.807, 2.05) is 0 Å². The lowest BCUT2D eigenvalue weighted by Gasteiger charge is -2.02. The van der Waals surface area contributed by atoms with E-state index in [0.717, 1.165) is 0 Å². The molecule has 2 N–H and O–H groups in total. The summed E-state index contributed by atoms with van der Waals surface area (Å²) in [5, 5.41) is 15.9. The molecule has 0 atom stereocenters. The molecule has 0 aliphatic rings. The molecule has 2 aromatic rings. The first-order valence-corrected chi connectivity index (χ1v) is 4.61. The van der Waals surface area contributed by atoms with Crippen molar-refractivity contribution in [1.29, 1.82) is 0 Å². The Balaban J connectivity index is 2.21. The number of rotatable bonds is 3. The van der Waals surface area contributed by atoms with Crippen molar-refractivity contribution >= 4 is 17.5 Å². The molecule has 0 saturated carbocycles. The van der Waals surface area contributed by atoms with Crippen molar-refractivity contribution in [3.05, 3.63) is 36.3 Å². The molecule has 0 amide bonds.